The molecule has 0 radical (unpaired) electrons. The minimum atomic E-state index is -1.34. The summed E-state index contributed by atoms with van der Waals surface area (Å²) < 4.78 is 32.3. The molecule has 0 aliphatic carbocycles. The summed E-state index contributed by atoms with van der Waals surface area (Å²) in [6, 6.07) is 7.52. The van der Waals surface area contributed by atoms with Crippen molar-refractivity contribution in [1.29, 1.82) is 0 Å². The number of hydrogen-bond acceptors (Lipinski definition) is 6. The normalized spacial score (nSPS) is 18.3. The highest BCUT2D eigenvalue weighted by Crippen LogP contribution is 2.31. The zero-order chi connectivity index (χ0) is 20.4. The van der Waals surface area contributed by atoms with E-state index in [4.69, 9.17) is 9.47 Å². The van der Waals surface area contributed by atoms with E-state index in [2.05, 4.69) is 16.4 Å². The van der Waals surface area contributed by atoms with E-state index in [1.165, 1.54) is 13.2 Å². The van der Waals surface area contributed by atoms with Gasteiger partial charge in [0.25, 0.3) is 0 Å². The molecule has 0 unspecified atom stereocenters. The second-order valence-electron chi connectivity index (χ2n) is 6.95. The molecule has 1 aromatic carbocycles. The third-order valence-electron chi connectivity index (χ3n) is 4.70. The Morgan fingerprint density at radius 2 is 2.00 bits per heavy atom. The average Bonchev–Trinajstić information content (AvgIpc) is 3.15. The molecule has 2 atom stereocenters. The van der Waals surface area contributed by atoms with Crippen LogP contribution < -0.4 is 4.72 Å². The number of aryl methyl sites for hydroxylation is 1. The van der Waals surface area contributed by atoms with Crippen LogP contribution in [0.4, 0.5) is 0 Å². The van der Waals surface area contributed by atoms with Crippen molar-refractivity contribution in [3.63, 3.8) is 0 Å². The molecule has 156 valence electrons. The fraction of sp³-hybridized carbons (Fsp3) is 0.571. The first-order valence-corrected chi connectivity index (χ1v) is 10.9. The van der Waals surface area contributed by atoms with Crippen LogP contribution in [0.1, 0.15) is 44.6 Å². The molecule has 1 saturated heterocycles. The van der Waals surface area contributed by atoms with Crippen LogP contribution in [0, 0.1) is 6.92 Å². The van der Waals surface area contributed by atoms with Crippen LogP contribution in [-0.2, 0) is 30.4 Å². The molecule has 0 aromatic heterocycles. The molecular formula is C21H31NO5S. The second-order valence-corrected chi connectivity index (χ2v) is 8.20. The minimum absolute atomic E-state index is 0.0930. The minimum Gasteiger partial charge on any atom is -0.593 e. The summed E-state index contributed by atoms with van der Waals surface area (Å²) in [6.07, 6.45) is 6.91. The van der Waals surface area contributed by atoms with Crippen molar-refractivity contribution in [2.24, 2.45) is 0 Å². The van der Waals surface area contributed by atoms with E-state index in [1.807, 2.05) is 31.2 Å². The van der Waals surface area contributed by atoms with Crippen LogP contribution in [0.15, 0.2) is 41.3 Å². The molecule has 7 heteroatoms. The molecule has 0 bridgehead atoms. The summed E-state index contributed by atoms with van der Waals surface area (Å²) >= 11 is -1.34. The van der Waals surface area contributed by atoms with Crippen LogP contribution >= 0.6 is 0 Å². The van der Waals surface area contributed by atoms with Gasteiger partial charge in [0.1, 0.15) is 0 Å². The van der Waals surface area contributed by atoms with Gasteiger partial charge in [-0.3, -0.25) is 0 Å². The largest absolute Gasteiger partial charge is 0.593 e. The summed E-state index contributed by atoms with van der Waals surface area (Å²) in [5, 5.41) is 0. The van der Waals surface area contributed by atoms with Crippen molar-refractivity contribution in [2.75, 3.05) is 20.3 Å². The molecule has 1 aliphatic rings. The van der Waals surface area contributed by atoms with Gasteiger partial charge in [-0.25, -0.2) is 4.79 Å². The van der Waals surface area contributed by atoms with E-state index in [-0.39, 0.29) is 6.04 Å². The molecule has 6 nitrogen and oxygen atoms in total. The van der Waals surface area contributed by atoms with Crippen molar-refractivity contribution in [3.05, 3.63) is 42.0 Å². The molecule has 0 spiro atoms. The van der Waals surface area contributed by atoms with Gasteiger partial charge in [0.15, 0.2) is 10.7 Å². The highest BCUT2D eigenvalue weighted by molar-refractivity contribution is 7.89. The Labute approximate surface area is 170 Å². The monoisotopic (exact) mass is 409 g/mol. The maximum absolute atomic E-state index is 12.7. The number of benzene rings is 1. The highest BCUT2D eigenvalue weighted by Gasteiger charge is 2.36. The number of methoxy groups -OCH3 is 1. The molecule has 1 heterocycles. The summed E-state index contributed by atoms with van der Waals surface area (Å²) in [4.78, 5) is 12.1. The van der Waals surface area contributed by atoms with Gasteiger partial charge in [0, 0.05) is 18.9 Å². The van der Waals surface area contributed by atoms with E-state index in [1.54, 1.807) is 6.08 Å². The summed E-state index contributed by atoms with van der Waals surface area (Å²) in [5.41, 5.74) is 1.12. The predicted octanol–water partition coefficient (Wildman–Crippen LogP) is 3.42. The van der Waals surface area contributed by atoms with Crippen molar-refractivity contribution in [2.45, 2.75) is 62.7 Å². The van der Waals surface area contributed by atoms with E-state index in [0.29, 0.717) is 32.5 Å². The molecule has 1 fully saturated rings. The maximum atomic E-state index is 12.7. The number of carbonyl (C=O) groups excluding carboxylic acids is 1. The zero-order valence-corrected chi connectivity index (χ0v) is 17.8. The molecule has 2 rings (SSSR count). The summed E-state index contributed by atoms with van der Waals surface area (Å²) in [5.74, 6) is -0.949. The smallest absolute Gasteiger partial charge is 0.330 e. The van der Waals surface area contributed by atoms with E-state index >= 15 is 0 Å². The van der Waals surface area contributed by atoms with Crippen molar-refractivity contribution in [1.82, 2.24) is 4.72 Å². The van der Waals surface area contributed by atoms with E-state index in [9.17, 15) is 9.35 Å². The molecule has 1 N–H and O–H groups in total. The first-order valence-electron chi connectivity index (χ1n) is 9.75. The summed E-state index contributed by atoms with van der Waals surface area (Å²) in [6.45, 7) is 5.31. The molecule has 0 amide bonds. The van der Waals surface area contributed by atoms with Crippen LogP contribution in [0.3, 0.4) is 0 Å². The standard InChI is InChI=1S/C21H31NO5S/c1-4-13-21(26-15-16-27-21)14-12-18(6-5-7-20(23)25-3)22-28(24)19-10-8-17(2)9-11-19/h5,7-11,18,22H,4,6,12-16H2,1-3H3/b7-5+/t18-,28+/m1/s1. The lowest BCUT2D eigenvalue weighted by Gasteiger charge is -2.29. The Kier molecular flexibility index (Phi) is 9.47. The lowest BCUT2D eigenvalue weighted by atomic mass is 10.00. The maximum Gasteiger partial charge on any atom is 0.330 e. The molecule has 1 aromatic rings. The third kappa shape index (κ3) is 7.22. The molecular weight excluding hydrogens is 378 g/mol. The number of carbonyl (C=O) groups is 1. The Morgan fingerprint density at radius 3 is 2.61 bits per heavy atom. The Balaban J connectivity index is 2.01. The predicted molar refractivity (Wildman–Crippen MR) is 109 cm³/mol. The van der Waals surface area contributed by atoms with Gasteiger partial charge in [0.2, 0.25) is 0 Å². The fourth-order valence-corrected chi connectivity index (χ4v) is 4.22. The van der Waals surface area contributed by atoms with Gasteiger partial charge in [-0.1, -0.05) is 37.1 Å². The van der Waals surface area contributed by atoms with Crippen LogP contribution in [0.5, 0.6) is 0 Å². The van der Waals surface area contributed by atoms with Crippen LogP contribution in [0.2, 0.25) is 0 Å². The fourth-order valence-electron chi connectivity index (χ4n) is 3.19. The number of nitrogens with one attached hydrogen (secondary N) is 1. The number of hydrogen-bond donors (Lipinski definition) is 1. The Morgan fingerprint density at radius 1 is 1.32 bits per heavy atom. The van der Waals surface area contributed by atoms with Gasteiger partial charge in [-0.05, 0) is 31.9 Å². The number of ether oxygens (including phenoxy) is 3. The first kappa shape index (κ1) is 22.9. The van der Waals surface area contributed by atoms with E-state index < -0.39 is 23.1 Å². The second kappa shape index (κ2) is 11.6. The van der Waals surface area contributed by atoms with Crippen molar-refractivity contribution < 1.29 is 23.6 Å². The van der Waals surface area contributed by atoms with Crippen LogP contribution in [0.25, 0.3) is 0 Å². The van der Waals surface area contributed by atoms with Gasteiger partial charge in [0.05, 0.1) is 37.7 Å². The SMILES string of the molecule is CCCC1(CC[C@@H](C/C=C/C(=O)OC)N[S@@+]([O-])c2ccc(C)cc2)OCCO1. The van der Waals surface area contributed by atoms with Crippen LogP contribution in [-0.4, -0.2) is 42.7 Å². The number of rotatable bonds is 11. The lowest BCUT2D eigenvalue weighted by Crippen LogP contribution is -2.38. The Hall–Kier alpha value is -1.38. The van der Waals surface area contributed by atoms with Gasteiger partial charge < -0.3 is 18.8 Å². The quantitative estimate of drug-likeness (QED) is 0.343. The van der Waals surface area contributed by atoms with Crippen molar-refractivity contribution >= 4 is 17.3 Å². The molecule has 0 saturated carbocycles. The van der Waals surface area contributed by atoms with Gasteiger partial charge in [-0.2, -0.15) is 0 Å². The van der Waals surface area contributed by atoms with Gasteiger partial charge in [-0.15, -0.1) is 4.72 Å². The number of esters is 1. The topological polar surface area (TPSA) is 79.9 Å². The molecule has 1 aliphatic heterocycles. The van der Waals surface area contributed by atoms with E-state index in [0.717, 1.165) is 23.3 Å². The summed E-state index contributed by atoms with van der Waals surface area (Å²) in [7, 11) is 1.35. The zero-order valence-electron chi connectivity index (χ0n) is 16.9. The average molecular weight is 410 g/mol. The van der Waals surface area contributed by atoms with Gasteiger partial charge >= 0.3 is 5.97 Å². The Bertz CT molecular complexity index is 628. The highest BCUT2D eigenvalue weighted by atomic mass is 32.2. The van der Waals surface area contributed by atoms with Crippen molar-refractivity contribution in [3.8, 4) is 0 Å². The lowest BCUT2D eigenvalue weighted by molar-refractivity contribution is -0.168. The third-order valence-corrected chi connectivity index (χ3v) is 5.95. The first-order chi connectivity index (χ1) is 13.5. The molecule has 28 heavy (non-hydrogen) atoms.